The van der Waals surface area contributed by atoms with Crippen molar-refractivity contribution in [3.8, 4) is 11.8 Å². The summed E-state index contributed by atoms with van der Waals surface area (Å²) in [5, 5.41) is 8.55. The second-order valence-corrected chi connectivity index (χ2v) is 4.24. The SMILES string of the molecule is N#CCOc1c(Cl)c(Cl)c(Cl)c(Cl)c1Cl. The van der Waals surface area contributed by atoms with Crippen molar-refractivity contribution >= 4 is 58.0 Å². The Morgan fingerprint density at radius 3 is 1.67 bits per heavy atom. The summed E-state index contributed by atoms with van der Waals surface area (Å²) >= 11 is 28.9. The first-order valence-corrected chi connectivity index (χ1v) is 5.40. The molecule has 0 bridgehead atoms. The van der Waals surface area contributed by atoms with Gasteiger partial charge in [0.1, 0.15) is 16.1 Å². The molecule has 7 heteroatoms. The minimum Gasteiger partial charge on any atom is -0.475 e. The fourth-order valence-corrected chi connectivity index (χ4v) is 2.05. The average molecular weight is 305 g/mol. The van der Waals surface area contributed by atoms with Crippen molar-refractivity contribution in [1.82, 2.24) is 0 Å². The molecule has 0 aliphatic rings. The Morgan fingerprint density at radius 2 is 1.27 bits per heavy atom. The van der Waals surface area contributed by atoms with E-state index < -0.39 is 0 Å². The maximum absolute atomic E-state index is 8.35. The minimum atomic E-state index is -0.215. The number of nitriles is 1. The number of benzene rings is 1. The number of hydrogen-bond donors (Lipinski definition) is 0. The van der Waals surface area contributed by atoms with Crippen molar-refractivity contribution in [1.29, 1.82) is 5.26 Å². The zero-order valence-electron chi connectivity index (χ0n) is 6.95. The lowest BCUT2D eigenvalue weighted by Crippen LogP contribution is -1.96. The molecule has 80 valence electrons. The summed E-state index contributed by atoms with van der Waals surface area (Å²) in [5.41, 5.74) is 0. The van der Waals surface area contributed by atoms with Gasteiger partial charge in [0.05, 0.1) is 15.1 Å². The molecule has 0 spiro atoms. The van der Waals surface area contributed by atoms with E-state index in [0.29, 0.717) is 0 Å². The third-order valence-electron chi connectivity index (χ3n) is 1.45. The third-order valence-corrected chi connectivity index (χ3v) is 3.69. The van der Waals surface area contributed by atoms with Crippen LogP contribution in [0.3, 0.4) is 0 Å². The molecule has 0 aromatic heterocycles. The number of halogens is 5. The molecule has 0 fully saturated rings. The molecule has 0 saturated heterocycles. The highest BCUT2D eigenvalue weighted by molar-refractivity contribution is 6.55. The van der Waals surface area contributed by atoms with Crippen molar-refractivity contribution in [2.75, 3.05) is 6.61 Å². The Balaban J connectivity index is 3.33. The molecule has 2 nitrogen and oxygen atoms in total. The van der Waals surface area contributed by atoms with Crippen molar-refractivity contribution in [2.24, 2.45) is 0 Å². The summed E-state index contributed by atoms with van der Waals surface area (Å²) in [6.45, 7) is -0.215. The molecule has 0 N–H and O–H groups in total. The van der Waals surface area contributed by atoms with Gasteiger partial charge in [-0.05, 0) is 0 Å². The van der Waals surface area contributed by atoms with Crippen LogP contribution in [0.15, 0.2) is 0 Å². The molecule has 0 unspecified atom stereocenters. The van der Waals surface area contributed by atoms with Gasteiger partial charge in [-0.15, -0.1) is 0 Å². The zero-order chi connectivity index (χ0) is 11.6. The van der Waals surface area contributed by atoms with E-state index in [2.05, 4.69) is 0 Å². The first-order chi connectivity index (χ1) is 7.00. The zero-order valence-corrected chi connectivity index (χ0v) is 10.7. The smallest absolute Gasteiger partial charge is 0.174 e. The number of ether oxygens (including phenoxy) is 1. The highest BCUT2D eigenvalue weighted by Gasteiger charge is 2.20. The summed E-state index contributed by atoms with van der Waals surface area (Å²) < 4.78 is 4.98. The van der Waals surface area contributed by atoms with Crippen molar-refractivity contribution < 1.29 is 4.74 Å². The fourth-order valence-electron chi connectivity index (χ4n) is 0.816. The summed E-state index contributed by atoms with van der Waals surface area (Å²) in [4.78, 5) is 0. The van der Waals surface area contributed by atoms with Crippen LogP contribution in [0.25, 0.3) is 0 Å². The van der Waals surface area contributed by atoms with Crippen molar-refractivity contribution in [3.63, 3.8) is 0 Å². The highest BCUT2D eigenvalue weighted by Crippen LogP contribution is 2.48. The molecule has 0 aliphatic carbocycles. The summed E-state index contributed by atoms with van der Waals surface area (Å²) in [5.74, 6) is 0.0549. The van der Waals surface area contributed by atoms with Crippen LogP contribution in [0.4, 0.5) is 0 Å². The second kappa shape index (κ2) is 5.34. The molecular formula is C8H2Cl5NO. The maximum Gasteiger partial charge on any atom is 0.174 e. The molecule has 1 rings (SSSR count). The third kappa shape index (κ3) is 2.55. The Bertz CT molecular complexity index is 411. The monoisotopic (exact) mass is 303 g/mol. The minimum absolute atomic E-state index is 0.0336. The van der Waals surface area contributed by atoms with Gasteiger partial charge in [0, 0.05) is 0 Å². The van der Waals surface area contributed by atoms with Crippen molar-refractivity contribution in [3.05, 3.63) is 25.1 Å². The van der Waals surface area contributed by atoms with Gasteiger partial charge in [-0.2, -0.15) is 5.26 Å². The lowest BCUT2D eigenvalue weighted by atomic mass is 10.3. The topological polar surface area (TPSA) is 33.0 Å². The fraction of sp³-hybridized carbons (Fsp3) is 0.125. The maximum atomic E-state index is 8.35. The van der Waals surface area contributed by atoms with E-state index in [9.17, 15) is 0 Å². The van der Waals surface area contributed by atoms with Gasteiger partial charge in [0.25, 0.3) is 0 Å². The van der Waals surface area contributed by atoms with E-state index in [0.717, 1.165) is 0 Å². The van der Waals surface area contributed by atoms with Crippen molar-refractivity contribution in [2.45, 2.75) is 0 Å². The normalized spacial score (nSPS) is 9.87. The Morgan fingerprint density at radius 1 is 0.867 bits per heavy atom. The highest BCUT2D eigenvalue weighted by atomic mass is 35.5. The first kappa shape index (κ1) is 13.0. The molecule has 0 atom stereocenters. The van der Waals surface area contributed by atoms with E-state index in [4.69, 9.17) is 68.0 Å². The molecule has 0 aliphatic heterocycles. The van der Waals surface area contributed by atoms with Crippen LogP contribution in [0.5, 0.6) is 5.75 Å². The van der Waals surface area contributed by atoms with Gasteiger partial charge in [0.15, 0.2) is 12.4 Å². The predicted molar refractivity (Wildman–Crippen MR) is 62.6 cm³/mol. The van der Waals surface area contributed by atoms with Crippen LogP contribution in [-0.4, -0.2) is 6.61 Å². The summed E-state index contributed by atoms with van der Waals surface area (Å²) in [6.07, 6.45) is 0. The quantitative estimate of drug-likeness (QED) is 0.577. The Kier molecular flexibility index (Phi) is 4.64. The van der Waals surface area contributed by atoms with Gasteiger partial charge < -0.3 is 4.74 Å². The molecule has 0 heterocycles. The Hall–Kier alpha value is -0.0400. The van der Waals surface area contributed by atoms with E-state index in [1.165, 1.54) is 0 Å². The summed E-state index contributed by atoms with van der Waals surface area (Å²) in [6, 6.07) is 1.77. The van der Waals surface area contributed by atoms with Crippen LogP contribution in [0.1, 0.15) is 0 Å². The standard InChI is InChI=1S/C8H2Cl5NO/c9-3-4(10)6(12)8(15-2-1-14)7(13)5(3)11/h2H2. The van der Waals surface area contributed by atoms with Crippen LogP contribution in [-0.2, 0) is 0 Å². The molecule has 0 radical (unpaired) electrons. The second-order valence-electron chi connectivity index (χ2n) is 2.35. The van der Waals surface area contributed by atoms with E-state index in [-0.39, 0.29) is 37.5 Å². The molecule has 1 aromatic rings. The van der Waals surface area contributed by atoms with Crippen LogP contribution in [0.2, 0.25) is 25.1 Å². The van der Waals surface area contributed by atoms with Crippen LogP contribution < -0.4 is 4.74 Å². The van der Waals surface area contributed by atoms with Gasteiger partial charge in [-0.25, -0.2) is 0 Å². The van der Waals surface area contributed by atoms with Gasteiger partial charge >= 0.3 is 0 Å². The molecule has 1 aromatic carbocycles. The molecular weight excluding hydrogens is 303 g/mol. The first-order valence-electron chi connectivity index (χ1n) is 3.51. The number of hydrogen-bond acceptors (Lipinski definition) is 2. The lowest BCUT2D eigenvalue weighted by molar-refractivity contribution is 0.368. The molecule has 0 saturated carbocycles. The van der Waals surface area contributed by atoms with E-state index >= 15 is 0 Å². The van der Waals surface area contributed by atoms with Gasteiger partial charge in [-0.1, -0.05) is 58.0 Å². The Labute approximate surface area is 111 Å². The van der Waals surface area contributed by atoms with E-state index in [1.54, 1.807) is 6.07 Å². The van der Waals surface area contributed by atoms with Crippen LogP contribution >= 0.6 is 58.0 Å². The van der Waals surface area contributed by atoms with E-state index in [1.807, 2.05) is 0 Å². The molecule has 15 heavy (non-hydrogen) atoms. The average Bonchev–Trinajstić information content (AvgIpc) is 2.24. The predicted octanol–water partition coefficient (Wildman–Crippen LogP) is 4.86. The number of rotatable bonds is 2. The van der Waals surface area contributed by atoms with Gasteiger partial charge in [-0.3, -0.25) is 0 Å². The lowest BCUT2D eigenvalue weighted by Gasteiger charge is -2.11. The van der Waals surface area contributed by atoms with Crippen LogP contribution in [0, 0.1) is 11.3 Å². The molecule has 0 amide bonds. The van der Waals surface area contributed by atoms with Gasteiger partial charge in [0.2, 0.25) is 0 Å². The number of nitrogens with zero attached hydrogens (tertiary/aromatic N) is 1. The largest absolute Gasteiger partial charge is 0.475 e. The summed E-state index contributed by atoms with van der Waals surface area (Å²) in [7, 11) is 0.